The molecule has 1 aromatic rings. The van der Waals surface area contributed by atoms with Crippen LogP contribution in [0, 0.1) is 0 Å². The number of carboxylic acids is 1. The molecule has 86 valence electrons. The molecule has 0 unspecified atom stereocenters. The van der Waals surface area contributed by atoms with Crippen LogP contribution in [0.25, 0.3) is 0 Å². The minimum absolute atomic E-state index is 0.185. The summed E-state index contributed by atoms with van der Waals surface area (Å²) in [6.45, 7) is -0.364. The van der Waals surface area contributed by atoms with Gasteiger partial charge in [-0.25, -0.2) is 4.98 Å². The Morgan fingerprint density at radius 1 is 1.56 bits per heavy atom. The molecule has 6 nitrogen and oxygen atoms in total. The van der Waals surface area contributed by atoms with Crippen molar-refractivity contribution in [2.75, 3.05) is 20.7 Å². The summed E-state index contributed by atoms with van der Waals surface area (Å²) in [7, 11) is 2.80. The number of pyridine rings is 1. The molecule has 0 atom stereocenters. The van der Waals surface area contributed by atoms with Crippen LogP contribution in [0.1, 0.15) is 10.4 Å². The van der Waals surface area contributed by atoms with Gasteiger partial charge >= 0.3 is 5.97 Å². The number of carbonyl (C=O) groups excluding carboxylic acids is 1. The van der Waals surface area contributed by atoms with Gasteiger partial charge in [-0.3, -0.25) is 9.59 Å². The lowest BCUT2D eigenvalue weighted by atomic mass is 10.2. The maximum Gasteiger partial charge on any atom is 0.323 e. The Bertz CT molecular complexity index is 406. The Balaban J connectivity index is 2.91. The van der Waals surface area contributed by atoms with E-state index < -0.39 is 11.9 Å². The topological polar surface area (TPSA) is 79.7 Å². The number of hydrogen-bond acceptors (Lipinski definition) is 4. The molecule has 1 rings (SSSR count). The van der Waals surface area contributed by atoms with Crippen LogP contribution in [0.4, 0.5) is 0 Å². The van der Waals surface area contributed by atoms with Crippen molar-refractivity contribution in [3.05, 3.63) is 23.9 Å². The van der Waals surface area contributed by atoms with Gasteiger partial charge in [-0.1, -0.05) is 0 Å². The predicted molar refractivity (Wildman–Crippen MR) is 55.4 cm³/mol. The molecular weight excluding hydrogens is 212 g/mol. The van der Waals surface area contributed by atoms with Crippen LogP contribution >= 0.6 is 0 Å². The molecule has 0 spiro atoms. The lowest BCUT2D eigenvalue weighted by molar-refractivity contribution is -0.137. The summed E-state index contributed by atoms with van der Waals surface area (Å²) < 4.78 is 4.92. The smallest absolute Gasteiger partial charge is 0.323 e. The minimum Gasteiger partial charge on any atom is -0.480 e. The van der Waals surface area contributed by atoms with Crippen molar-refractivity contribution in [3.8, 4) is 5.88 Å². The van der Waals surface area contributed by atoms with E-state index in [1.54, 1.807) is 6.07 Å². The van der Waals surface area contributed by atoms with Crippen LogP contribution in [0.2, 0.25) is 0 Å². The molecule has 6 heteroatoms. The Hall–Kier alpha value is -2.11. The van der Waals surface area contributed by atoms with Crippen LogP contribution in [-0.2, 0) is 4.79 Å². The normalized spacial score (nSPS) is 9.62. The lowest BCUT2D eigenvalue weighted by Gasteiger charge is -2.15. The first kappa shape index (κ1) is 12.0. The van der Waals surface area contributed by atoms with E-state index in [-0.39, 0.29) is 18.0 Å². The molecule has 1 heterocycles. The number of hydrogen-bond donors (Lipinski definition) is 1. The SMILES string of the molecule is COc1ncccc1C(=O)N(C)CC(=O)O. The second-order valence-electron chi connectivity index (χ2n) is 3.12. The quantitative estimate of drug-likeness (QED) is 0.792. The molecule has 1 aromatic heterocycles. The predicted octanol–water partition coefficient (Wildman–Crippen LogP) is 0.247. The molecule has 16 heavy (non-hydrogen) atoms. The number of methoxy groups -OCH3 is 1. The average Bonchev–Trinajstić information content (AvgIpc) is 2.27. The maximum absolute atomic E-state index is 11.8. The molecule has 1 amide bonds. The van der Waals surface area contributed by atoms with Gasteiger partial charge in [0.2, 0.25) is 5.88 Å². The van der Waals surface area contributed by atoms with Crippen LogP contribution in [-0.4, -0.2) is 47.6 Å². The molecule has 0 bridgehead atoms. The summed E-state index contributed by atoms with van der Waals surface area (Å²) >= 11 is 0. The number of aromatic nitrogens is 1. The van der Waals surface area contributed by atoms with Gasteiger partial charge in [0.1, 0.15) is 12.1 Å². The summed E-state index contributed by atoms with van der Waals surface area (Å²) in [4.78, 5) is 27.2. The third-order valence-electron chi connectivity index (χ3n) is 1.91. The Morgan fingerprint density at radius 3 is 2.81 bits per heavy atom. The van der Waals surface area contributed by atoms with Crippen molar-refractivity contribution in [3.63, 3.8) is 0 Å². The number of carboxylic acid groups (broad SMARTS) is 1. The van der Waals surface area contributed by atoms with Gasteiger partial charge in [0.15, 0.2) is 0 Å². The van der Waals surface area contributed by atoms with E-state index >= 15 is 0 Å². The third kappa shape index (κ3) is 2.69. The van der Waals surface area contributed by atoms with E-state index in [2.05, 4.69) is 4.98 Å². The number of ether oxygens (including phenoxy) is 1. The fourth-order valence-corrected chi connectivity index (χ4v) is 1.20. The minimum atomic E-state index is -1.07. The van der Waals surface area contributed by atoms with Crippen LogP contribution in [0.5, 0.6) is 5.88 Å². The highest BCUT2D eigenvalue weighted by molar-refractivity contribution is 5.97. The zero-order valence-electron chi connectivity index (χ0n) is 9.01. The van der Waals surface area contributed by atoms with E-state index in [1.807, 2.05) is 0 Å². The highest BCUT2D eigenvalue weighted by Crippen LogP contribution is 2.15. The molecule has 0 saturated carbocycles. The molecule has 1 N–H and O–H groups in total. The van der Waals surface area contributed by atoms with Crippen molar-refractivity contribution in [1.29, 1.82) is 0 Å². The van der Waals surface area contributed by atoms with Gasteiger partial charge in [0.25, 0.3) is 5.91 Å². The summed E-state index contributed by atoms with van der Waals surface area (Å²) in [5.74, 6) is -1.32. The first-order chi connectivity index (χ1) is 7.56. The second kappa shape index (κ2) is 5.11. The highest BCUT2D eigenvalue weighted by Gasteiger charge is 2.18. The number of aliphatic carboxylic acids is 1. The van der Waals surface area contributed by atoms with Gasteiger partial charge in [-0.2, -0.15) is 0 Å². The molecule has 0 saturated heterocycles. The van der Waals surface area contributed by atoms with E-state index in [0.717, 1.165) is 4.90 Å². The third-order valence-corrected chi connectivity index (χ3v) is 1.91. The fourth-order valence-electron chi connectivity index (χ4n) is 1.20. The van der Waals surface area contributed by atoms with Crippen LogP contribution in [0.3, 0.4) is 0 Å². The number of rotatable bonds is 4. The van der Waals surface area contributed by atoms with Crippen molar-refractivity contribution in [2.24, 2.45) is 0 Å². The van der Waals surface area contributed by atoms with E-state index in [9.17, 15) is 9.59 Å². The maximum atomic E-state index is 11.8. The van der Waals surface area contributed by atoms with Crippen molar-refractivity contribution < 1.29 is 19.4 Å². The van der Waals surface area contributed by atoms with E-state index in [4.69, 9.17) is 9.84 Å². The highest BCUT2D eigenvalue weighted by atomic mass is 16.5. The number of carbonyl (C=O) groups is 2. The molecule has 0 fully saturated rings. The van der Waals surface area contributed by atoms with Crippen molar-refractivity contribution >= 4 is 11.9 Å². The average molecular weight is 224 g/mol. The van der Waals surface area contributed by atoms with Gasteiger partial charge in [0.05, 0.1) is 7.11 Å². The standard InChI is InChI=1S/C10H12N2O4/c1-12(6-8(13)14)10(15)7-4-3-5-11-9(7)16-2/h3-5H,6H2,1-2H3,(H,13,14). The molecule has 0 aromatic carbocycles. The van der Waals surface area contributed by atoms with Gasteiger partial charge in [-0.05, 0) is 12.1 Å². The largest absolute Gasteiger partial charge is 0.480 e. The summed E-state index contributed by atoms with van der Waals surface area (Å²) in [5.41, 5.74) is 0.244. The Kier molecular flexibility index (Phi) is 3.82. The zero-order valence-corrected chi connectivity index (χ0v) is 9.01. The number of nitrogens with zero attached hydrogens (tertiary/aromatic N) is 2. The van der Waals surface area contributed by atoms with Gasteiger partial charge in [-0.15, -0.1) is 0 Å². The first-order valence-electron chi connectivity index (χ1n) is 4.52. The van der Waals surface area contributed by atoms with Crippen LogP contribution in [0.15, 0.2) is 18.3 Å². The first-order valence-corrected chi connectivity index (χ1v) is 4.52. The summed E-state index contributed by atoms with van der Waals surface area (Å²) in [6, 6.07) is 3.12. The number of amides is 1. The van der Waals surface area contributed by atoms with E-state index in [0.29, 0.717) is 0 Å². The lowest BCUT2D eigenvalue weighted by Crippen LogP contribution is -2.32. The van der Waals surface area contributed by atoms with Gasteiger partial charge in [0, 0.05) is 13.2 Å². The van der Waals surface area contributed by atoms with Crippen molar-refractivity contribution in [1.82, 2.24) is 9.88 Å². The fraction of sp³-hybridized carbons (Fsp3) is 0.300. The molecule has 0 aliphatic rings. The van der Waals surface area contributed by atoms with E-state index in [1.165, 1.54) is 26.4 Å². The Labute approximate surface area is 92.5 Å². The van der Waals surface area contributed by atoms with Crippen molar-refractivity contribution in [2.45, 2.75) is 0 Å². The number of likely N-dealkylation sites (N-methyl/N-ethyl adjacent to an activating group) is 1. The Morgan fingerprint density at radius 2 is 2.25 bits per heavy atom. The summed E-state index contributed by atoms with van der Waals surface area (Å²) in [6.07, 6.45) is 1.49. The second-order valence-corrected chi connectivity index (χ2v) is 3.12. The molecule has 0 aliphatic carbocycles. The molecular formula is C10H12N2O4. The molecule has 0 aliphatic heterocycles. The summed E-state index contributed by atoms with van der Waals surface area (Å²) in [5, 5.41) is 8.57. The van der Waals surface area contributed by atoms with Crippen LogP contribution < -0.4 is 4.74 Å². The molecule has 0 radical (unpaired) electrons. The van der Waals surface area contributed by atoms with Gasteiger partial charge < -0.3 is 14.7 Å². The zero-order chi connectivity index (χ0) is 12.1. The monoisotopic (exact) mass is 224 g/mol.